The lowest BCUT2D eigenvalue weighted by Crippen LogP contribution is -2.48. The van der Waals surface area contributed by atoms with Gasteiger partial charge in [-0.25, -0.2) is 0 Å². The number of hydrogen-bond acceptors (Lipinski definition) is 5. The standard InChI is InChI=1S/C20H26N4O2/c1-14(2)13-18(25)24-11-9-23(10-12-24)16(4)20-21-19(22-26-20)17-7-5-15(3)6-8-17/h5-8,13,16H,9-12H2,1-4H3. The predicted molar refractivity (Wildman–Crippen MR) is 100 cm³/mol. The largest absolute Gasteiger partial charge is 0.337 e. The fraction of sp³-hybridized carbons (Fsp3) is 0.450. The summed E-state index contributed by atoms with van der Waals surface area (Å²) in [5.41, 5.74) is 3.18. The van der Waals surface area contributed by atoms with Crippen LogP contribution in [0.3, 0.4) is 0 Å². The Kier molecular flexibility index (Phi) is 5.52. The molecule has 138 valence electrons. The van der Waals surface area contributed by atoms with E-state index in [0.29, 0.717) is 24.8 Å². The van der Waals surface area contributed by atoms with Crippen molar-refractivity contribution in [3.05, 3.63) is 47.4 Å². The van der Waals surface area contributed by atoms with Gasteiger partial charge in [0.2, 0.25) is 17.6 Å². The van der Waals surface area contributed by atoms with Gasteiger partial charge in [0.1, 0.15) is 0 Å². The van der Waals surface area contributed by atoms with Gasteiger partial charge in [0.25, 0.3) is 0 Å². The van der Waals surface area contributed by atoms with E-state index in [2.05, 4.69) is 28.9 Å². The smallest absolute Gasteiger partial charge is 0.246 e. The highest BCUT2D eigenvalue weighted by atomic mass is 16.5. The van der Waals surface area contributed by atoms with Gasteiger partial charge in [0.15, 0.2) is 0 Å². The normalized spacial score (nSPS) is 16.4. The van der Waals surface area contributed by atoms with Gasteiger partial charge < -0.3 is 9.42 Å². The minimum Gasteiger partial charge on any atom is -0.337 e. The molecule has 3 rings (SSSR count). The molecule has 0 aliphatic carbocycles. The SMILES string of the molecule is CC(C)=CC(=O)N1CCN(C(C)c2nc(-c3ccc(C)cc3)no2)CC1. The van der Waals surface area contributed by atoms with Crippen molar-refractivity contribution in [1.29, 1.82) is 0 Å². The predicted octanol–water partition coefficient (Wildman–Crippen LogP) is 3.22. The quantitative estimate of drug-likeness (QED) is 0.789. The Morgan fingerprint density at radius 3 is 2.42 bits per heavy atom. The number of nitrogens with zero attached hydrogens (tertiary/aromatic N) is 4. The molecule has 1 unspecified atom stereocenters. The van der Waals surface area contributed by atoms with Crippen molar-refractivity contribution in [3.63, 3.8) is 0 Å². The molecule has 26 heavy (non-hydrogen) atoms. The third-order valence-corrected chi connectivity index (χ3v) is 4.69. The number of rotatable bonds is 4. The molecule has 1 atom stereocenters. The van der Waals surface area contributed by atoms with Crippen molar-refractivity contribution >= 4 is 5.91 Å². The van der Waals surface area contributed by atoms with Crippen LogP contribution in [0.15, 0.2) is 40.4 Å². The molecule has 1 amide bonds. The first-order valence-corrected chi connectivity index (χ1v) is 9.02. The topological polar surface area (TPSA) is 62.5 Å². The molecule has 6 nitrogen and oxygen atoms in total. The third-order valence-electron chi connectivity index (χ3n) is 4.69. The maximum Gasteiger partial charge on any atom is 0.246 e. The van der Waals surface area contributed by atoms with Crippen molar-refractivity contribution in [1.82, 2.24) is 19.9 Å². The average Bonchev–Trinajstić information content (AvgIpc) is 3.11. The second kappa shape index (κ2) is 7.83. The van der Waals surface area contributed by atoms with Crippen LogP contribution >= 0.6 is 0 Å². The fourth-order valence-corrected chi connectivity index (χ4v) is 3.05. The monoisotopic (exact) mass is 354 g/mol. The van der Waals surface area contributed by atoms with Gasteiger partial charge in [0.05, 0.1) is 6.04 Å². The number of amides is 1. The van der Waals surface area contributed by atoms with E-state index < -0.39 is 0 Å². The summed E-state index contributed by atoms with van der Waals surface area (Å²) in [6, 6.07) is 8.11. The van der Waals surface area contributed by atoms with Crippen molar-refractivity contribution in [3.8, 4) is 11.4 Å². The van der Waals surface area contributed by atoms with Crippen LogP contribution in [0, 0.1) is 6.92 Å². The van der Waals surface area contributed by atoms with Gasteiger partial charge in [-0.05, 0) is 27.7 Å². The summed E-state index contributed by atoms with van der Waals surface area (Å²) in [6.07, 6.45) is 1.70. The van der Waals surface area contributed by atoms with Crippen LogP contribution in [-0.2, 0) is 4.79 Å². The molecule has 0 bridgehead atoms. The van der Waals surface area contributed by atoms with Gasteiger partial charge in [-0.1, -0.05) is 40.6 Å². The summed E-state index contributed by atoms with van der Waals surface area (Å²) >= 11 is 0. The van der Waals surface area contributed by atoms with Gasteiger partial charge in [-0.15, -0.1) is 0 Å². The van der Waals surface area contributed by atoms with E-state index in [1.54, 1.807) is 6.08 Å². The number of piperazine rings is 1. The Labute approximate surface area is 154 Å². The van der Waals surface area contributed by atoms with Crippen molar-refractivity contribution in [2.75, 3.05) is 26.2 Å². The highest BCUT2D eigenvalue weighted by molar-refractivity contribution is 5.88. The second-order valence-corrected chi connectivity index (χ2v) is 7.08. The Hall–Kier alpha value is -2.47. The van der Waals surface area contributed by atoms with Crippen LogP contribution in [-0.4, -0.2) is 52.0 Å². The summed E-state index contributed by atoms with van der Waals surface area (Å²) in [5.74, 6) is 1.32. The minimum atomic E-state index is 0.0300. The van der Waals surface area contributed by atoms with Crippen LogP contribution in [0.4, 0.5) is 0 Å². The Morgan fingerprint density at radius 1 is 1.15 bits per heavy atom. The van der Waals surface area contributed by atoms with E-state index in [4.69, 9.17) is 4.52 Å². The number of aryl methyl sites for hydroxylation is 1. The van der Waals surface area contributed by atoms with Gasteiger partial charge >= 0.3 is 0 Å². The molecule has 0 radical (unpaired) electrons. The molecule has 2 aromatic rings. The van der Waals surface area contributed by atoms with E-state index in [9.17, 15) is 4.79 Å². The zero-order valence-corrected chi connectivity index (χ0v) is 15.9. The number of carbonyl (C=O) groups excluding carboxylic acids is 1. The summed E-state index contributed by atoms with van der Waals surface area (Å²) in [6.45, 7) is 11.0. The second-order valence-electron chi connectivity index (χ2n) is 7.08. The van der Waals surface area contributed by atoms with Gasteiger partial charge in [-0.2, -0.15) is 4.98 Å². The van der Waals surface area contributed by atoms with Crippen LogP contribution in [0.5, 0.6) is 0 Å². The zero-order chi connectivity index (χ0) is 18.7. The molecule has 0 spiro atoms. The minimum absolute atomic E-state index is 0.0300. The molecule has 1 aromatic carbocycles. The summed E-state index contributed by atoms with van der Waals surface area (Å²) in [5, 5.41) is 4.12. The number of hydrogen-bond donors (Lipinski definition) is 0. The van der Waals surface area contributed by atoms with Gasteiger partial charge in [-0.3, -0.25) is 9.69 Å². The van der Waals surface area contributed by atoms with Crippen molar-refractivity contribution < 1.29 is 9.32 Å². The molecule has 2 heterocycles. The molecule has 1 aliphatic heterocycles. The van der Waals surface area contributed by atoms with Crippen LogP contribution in [0.1, 0.15) is 38.3 Å². The van der Waals surface area contributed by atoms with Crippen LogP contribution < -0.4 is 0 Å². The molecule has 1 saturated heterocycles. The van der Waals surface area contributed by atoms with Crippen LogP contribution in [0.2, 0.25) is 0 Å². The van der Waals surface area contributed by atoms with Crippen molar-refractivity contribution in [2.45, 2.75) is 33.7 Å². The number of carbonyl (C=O) groups is 1. The maximum atomic E-state index is 12.1. The molecule has 0 saturated carbocycles. The fourth-order valence-electron chi connectivity index (χ4n) is 3.05. The number of allylic oxidation sites excluding steroid dienone is 1. The van der Waals surface area contributed by atoms with E-state index in [0.717, 1.165) is 24.2 Å². The summed E-state index contributed by atoms with van der Waals surface area (Å²) in [7, 11) is 0. The third kappa shape index (κ3) is 4.19. The van der Waals surface area contributed by atoms with E-state index in [1.807, 2.05) is 43.0 Å². The first-order valence-electron chi connectivity index (χ1n) is 9.02. The zero-order valence-electron chi connectivity index (χ0n) is 15.9. The Bertz CT molecular complexity index is 782. The lowest BCUT2D eigenvalue weighted by Gasteiger charge is -2.36. The summed E-state index contributed by atoms with van der Waals surface area (Å²) < 4.78 is 5.50. The average molecular weight is 354 g/mol. The Morgan fingerprint density at radius 2 is 1.81 bits per heavy atom. The summed E-state index contributed by atoms with van der Waals surface area (Å²) in [4.78, 5) is 20.9. The first kappa shape index (κ1) is 18.3. The van der Waals surface area contributed by atoms with Crippen molar-refractivity contribution in [2.24, 2.45) is 0 Å². The maximum absolute atomic E-state index is 12.1. The van der Waals surface area contributed by atoms with Gasteiger partial charge in [0, 0.05) is 37.8 Å². The first-order chi connectivity index (χ1) is 12.4. The molecule has 0 N–H and O–H groups in total. The van der Waals surface area contributed by atoms with E-state index in [1.165, 1.54) is 5.56 Å². The Balaban J connectivity index is 1.62. The number of benzene rings is 1. The molecular formula is C20H26N4O2. The molecular weight excluding hydrogens is 328 g/mol. The number of aromatic nitrogens is 2. The molecule has 1 aliphatic rings. The molecule has 1 fully saturated rings. The lowest BCUT2D eigenvalue weighted by atomic mass is 10.1. The highest BCUT2D eigenvalue weighted by Gasteiger charge is 2.27. The molecule has 1 aromatic heterocycles. The van der Waals surface area contributed by atoms with Crippen LogP contribution in [0.25, 0.3) is 11.4 Å². The molecule has 6 heteroatoms. The lowest BCUT2D eigenvalue weighted by molar-refractivity contribution is -0.128. The highest BCUT2D eigenvalue weighted by Crippen LogP contribution is 2.23. The van der Waals surface area contributed by atoms with E-state index in [-0.39, 0.29) is 11.9 Å². The van der Waals surface area contributed by atoms with E-state index >= 15 is 0 Å².